The molecule has 1 amide bonds. The predicted octanol–water partition coefficient (Wildman–Crippen LogP) is 1.59. The van der Waals surface area contributed by atoms with Gasteiger partial charge < -0.3 is 19.7 Å². The first kappa shape index (κ1) is 20.2. The second kappa shape index (κ2) is 9.52. The third kappa shape index (κ3) is 5.17. The van der Waals surface area contributed by atoms with Crippen LogP contribution in [0.4, 0.5) is 0 Å². The highest BCUT2D eigenvalue weighted by Crippen LogP contribution is 2.15. The fourth-order valence-electron chi connectivity index (χ4n) is 3.28. The largest absolute Gasteiger partial charge is 0.353 e. The average molecular weight is 373 g/mol. The van der Waals surface area contributed by atoms with Gasteiger partial charge in [-0.15, -0.1) is 12.4 Å². The summed E-state index contributed by atoms with van der Waals surface area (Å²) < 4.78 is 13.2. The van der Waals surface area contributed by atoms with Gasteiger partial charge in [-0.1, -0.05) is 0 Å². The molecule has 2 atom stereocenters. The molecule has 0 saturated carbocycles. The van der Waals surface area contributed by atoms with Gasteiger partial charge in [0.25, 0.3) is 5.91 Å². The number of hydrogen-bond donors (Lipinski definition) is 1. The molecule has 2 fully saturated rings. The molecular weight excluding hydrogens is 344 g/mol. The van der Waals surface area contributed by atoms with Crippen molar-refractivity contribution in [2.24, 2.45) is 0 Å². The van der Waals surface area contributed by atoms with Crippen molar-refractivity contribution in [1.82, 2.24) is 20.0 Å². The minimum Gasteiger partial charge on any atom is -0.353 e. The molecule has 2 saturated heterocycles. The van der Waals surface area contributed by atoms with E-state index in [2.05, 4.69) is 17.3 Å². The fourth-order valence-corrected chi connectivity index (χ4v) is 3.28. The molecule has 7 nitrogen and oxygen atoms in total. The smallest absolute Gasteiger partial charge is 0.257 e. The summed E-state index contributed by atoms with van der Waals surface area (Å²) >= 11 is 0. The van der Waals surface area contributed by atoms with E-state index in [1.165, 1.54) is 0 Å². The molecule has 2 aliphatic heterocycles. The highest BCUT2D eigenvalue weighted by Gasteiger charge is 2.24. The van der Waals surface area contributed by atoms with Gasteiger partial charge in [0.2, 0.25) is 0 Å². The summed E-state index contributed by atoms with van der Waals surface area (Å²) in [5, 5.41) is 7.72. The van der Waals surface area contributed by atoms with Gasteiger partial charge in [0, 0.05) is 38.0 Å². The normalized spacial score (nSPS) is 24.0. The summed E-state index contributed by atoms with van der Waals surface area (Å²) in [6.45, 7) is 8.34. The first-order chi connectivity index (χ1) is 11.6. The summed E-state index contributed by atoms with van der Waals surface area (Å²) in [6.07, 6.45) is 4.84. The Morgan fingerprint density at radius 3 is 3.04 bits per heavy atom. The number of nitrogens with zero attached hydrogens (tertiary/aromatic N) is 3. The Kier molecular flexibility index (Phi) is 7.68. The molecule has 0 radical (unpaired) electrons. The molecular formula is C17H29ClN4O3. The summed E-state index contributed by atoms with van der Waals surface area (Å²) in [5.74, 6) is 0.0728. The van der Waals surface area contributed by atoms with Crippen molar-refractivity contribution in [2.75, 3.05) is 32.8 Å². The Bertz CT molecular complexity index is 560. The number of rotatable bonds is 5. The maximum atomic E-state index is 12.7. The van der Waals surface area contributed by atoms with E-state index in [1.807, 2.05) is 16.5 Å². The number of aromatic nitrogens is 2. The van der Waals surface area contributed by atoms with Crippen LogP contribution in [0.3, 0.4) is 0 Å². The molecule has 3 rings (SSSR count). The van der Waals surface area contributed by atoms with Gasteiger partial charge >= 0.3 is 0 Å². The number of hydrogen-bond acceptors (Lipinski definition) is 5. The number of nitrogens with one attached hydrogen (secondary N) is 1. The summed E-state index contributed by atoms with van der Waals surface area (Å²) in [6, 6.07) is 0.335. The lowest BCUT2D eigenvalue weighted by molar-refractivity contribution is -0.163. The summed E-state index contributed by atoms with van der Waals surface area (Å²) in [4.78, 5) is 14.6. The molecule has 8 heteroatoms. The molecule has 0 aromatic carbocycles. The van der Waals surface area contributed by atoms with E-state index < -0.39 is 0 Å². The van der Waals surface area contributed by atoms with E-state index in [9.17, 15) is 4.79 Å². The molecule has 0 aliphatic carbocycles. The van der Waals surface area contributed by atoms with Crippen LogP contribution in [0.15, 0.2) is 6.20 Å². The predicted molar refractivity (Wildman–Crippen MR) is 97.1 cm³/mol. The van der Waals surface area contributed by atoms with E-state index in [4.69, 9.17) is 9.47 Å². The standard InChI is InChI=1S/C17H28N4O3.ClH/c1-13-12-20(7-6-18-13)17(22)15-11-19-21(14(15)2)8-10-24-16-5-3-4-9-23-16;/h11,13,16,18H,3-10,12H2,1-2H3;1H/t13-,16?;/m1./s1. The second-order valence-electron chi connectivity index (χ2n) is 6.64. The van der Waals surface area contributed by atoms with Crippen LogP contribution in [0.2, 0.25) is 0 Å². The third-order valence-corrected chi connectivity index (χ3v) is 4.73. The van der Waals surface area contributed by atoms with Crippen LogP contribution >= 0.6 is 12.4 Å². The number of halogens is 1. The lowest BCUT2D eigenvalue weighted by atomic mass is 10.2. The van der Waals surface area contributed by atoms with Crippen LogP contribution < -0.4 is 5.32 Å². The van der Waals surface area contributed by atoms with Gasteiger partial charge in [0.05, 0.1) is 24.9 Å². The SMILES string of the molecule is Cc1c(C(=O)N2CCN[C@H](C)C2)cnn1CCOC1CCCCO1.Cl. The molecule has 1 aromatic heterocycles. The Labute approximate surface area is 155 Å². The highest BCUT2D eigenvalue weighted by atomic mass is 35.5. The molecule has 0 bridgehead atoms. The molecule has 2 aliphatic rings. The number of piperazine rings is 1. The number of carbonyl (C=O) groups excluding carboxylic acids is 1. The van der Waals surface area contributed by atoms with Gasteiger partial charge in [0.1, 0.15) is 0 Å². The van der Waals surface area contributed by atoms with Crippen LogP contribution in [-0.4, -0.2) is 65.8 Å². The quantitative estimate of drug-likeness (QED) is 0.850. The summed E-state index contributed by atoms with van der Waals surface area (Å²) in [5.41, 5.74) is 1.59. The zero-order valence-corrected chi connectivity index (χ0v) is 15.9. The molecule has 3 heterocycles. The van der Waals surface area contributed by atoms with E-state index in [1.54, 1.807) is 6.20 Å². The fraction of sp³-hybridized carbons (Fsp3) is 0.765. The topological polar surface area (TPSA) is 68.6 Å². The minimum absolute atomic E-state index is 0. The van der Waals surface area contributed by atoms with E-state index in [0.29, 0.717) is 24.8 Å². The Hall–Kier alpha value is -1.15. The zero-order chi connectivity index (χ0) is 16.9. The van der Waals surface area contributed by atoms with Crippen molar-refractivity contribution < 1.29 is 14.3 Å². The highest BCUT2D eigenvalue weighted by molar-refractivity contribution is 5.95. The number of amides is 1. The molecule has 0 spiro atoms. The molecule has 1 aromatic rings. The van der Waals surface area contributed by atoms with Gasteiger partial charge in [-0.05, 0) is 33.1 Å². The lowest BCUT2D eigenvalue weighted by Gasteiger charge is -2.31. The first-order valence-corrected chi connectivity index (χ1v) is 8.93. The maximum absolute atomic E-state index is 12.7. The van der Waals surface area contributed by atoms with Crippen molar-refractivity contribution in [3.05, 3.63) is 17.5 Å². The Balaban J connectivity index is 0.00000225. The van der Waals surface area contributed by atoms with Crippen molar-refractivity contribution in [2.45, 2.75) is 52.0 Å². The van der Waals surface area contributed by atoms with Crippen molar-refractivity contribution >= 4 is 18.3 Å². The van der Waals surface area contributed by atoms with Crippen molar-refractivity contribution in [3.63, 3.8) is 0 Å². The van der Waals surface area contributed by atoms with E-state index in [0.717, 1.165) is 51.2 Å². The monoisotopic (exact) mass is 372 g/mol. The van der Waals surface area contributed by atoms with Gasteiger partial charge in [0.15, 0.2) is 6.29 Å². The second-order valence-corrected chi connectivity index (χ2v) is 6.64. The van der Waals surface area contributed by atoms with Crippen LogP contribution in [0.1, 0.15) is 42.2 Å². The maximum Gasteiger partial charge on any atom is 0.257 e. The third-order valence-electron chi connectivity index (χ3n) is 4.73. The van der Waals surface area contributed by atoms with Crippen LogP contribution in [0.5, 0.6) is 0 Å². The average Bonchev–Trinajstić information content (AvgIpc) is 2.96. The number of carbonyl (C=O) groups is 1. The molecule has 142 valence electrons. The zero-order valence-electron chi connectivity index (χ0n) is 15.1. The summed E-state index contributed by atoms with van der Waals surface area (Å²) in [7, 11) is 0. The molecule has 25 heavy (non-hydrogen) atoms. The van der Waals surface area contributed by atoms with E-state index in [-0.39, 0.29) is 24.6 Å². The van der Waals surface area contributed by atoms with E-state index >= 15 is 0 Å². The van der Waals surface area contributed by atoms with Crippen LogP contribution in [0, 0.1) is 6.92 Å². The van der Waals surface area contributed by atoms with Gasteiger partial charge in [-0.3, -0.25) is 9.48 Å². The Morgan fingerprint density at radius 1 is 1.48 bits per heavy atom. The number of ether oxygens (including phenoxy) is 2. The Morgan fingerprint density at radius 2 is 2.32 bits per heavy atom. The van der Waals surface area contributed by atoms with Gasteiger partial charge in [-0.25, -0.2) is 0 Å². The molecule has 1 N–H and O–H groups in total. The molecule has 1 unspecified atom stereocenters. The van der Waals surface area contributed by atoms with Gasteiger partial charge in [-0.2, -0.15) is 5.10 Å². The van der Waals surface area contributed by atoms with Crippen molar-refractivity contribution in [3.8, 4) is 0 Å². The minimum atomic E-state index is -0.0851. The van der Waals surface area contributed by atoms with Crippen LogP contribution in [0.25, 0.3) is 0 Å². The van der Waals surface area contributed by atoms with Crippen molar-refractivity contribution in [1.29, 1.82) is 0 Å². The van der Waals surface area contributed by atoms with Crippen LogP contribution in [-0.2, 0) is 16.0 Å². The first-order valence-electron chi connectivity index (χ1n) is 8.93. The lowest BCUT2D eigenvalue weighted by Crippen LogP contribution is -2.51.